The van der Waals surface area contributed by atoms with Gasteiger partial charge >= 0.3 is 0 Å². The Morgan fingerprint density at radius 3 is 2.69 bits per heavy atom. The van der Waals surface area contributed by atoms with Gasteiger partial charge in [0.15, 0.2) is 0 Å². The van der Waals surface area contributed by atoms with Crippen LogP contribution in [0.4, 0.5) is 8.78 Å². The third kappa shape index (κ3) is 1.44. The summed E-state index contributed by atoms with van der Waals surface area (Å²) in [6, 6.07) is 4.14. The van der Waals surface area contributed by atoms with Gasteiger partial charge in [0.05, 0.1) is 4.70 Å². The average molecular weight is 198 g/mol. The lowest BCUT2D eigenvalue weighted by molar-refractivity contribution is 0.593. The predicted molar refractivity (Wildman–Crippen MR) is 51.1 cm³/mol. The molecule has 0 amide bonds. The van der Waals surface area contributed by atoms with Crippen molar-refractivity contribution in [3.05, 3.63) is 34.7 Å². The van der Waals surface area contributed by atoms with Gasteiger partial charge in [-0.15, -0.1) is 11.3 Å². The first-order valence-corrected chi connectivity index (χ1v) is 4.90. The van der Waals surface area contributed by atoms with Crippen LogP contribution in [0.25, 0.3) is 10.1 Å². The molecule has 0 fully saturated rings. The maximum Gasteiger partial charge on any atom is 0.143 e. The lowest BCUT2D eigenvalue weighted by atomic mass is 10.2. The van der Waals surface area contributed by atoms with Crippen molar-refractivity contribution in [1.82, 2.24) is 0 Å². The summed E-state index contributed by atoms with van der Waals surface area (Å²) in [6.45, 7) is 2.00. The van der Waals surface area contributed by atoms with Crippen molar-refractivity contribution in [3.8, 4) is 0 Å². The van der Waals surface area contributed by atoms with Crippen molar-refractivity contribution in [2.75, 3.05) is 0 Å². The zero-order chi connectivity index (χ0) is 9.42. The molecule has 0 saturated heterocycles. The Hall–Kier alpha value is -0.960. The van der Waals surface area contributed by atoms with Gasteiger partial charge in [-0.2, -0.15) is 0 Å². The fourth-order valence-corrected chi connectivity index (χ4v) is 2.29. The van der Waals surface area contributed by atoms with Crippen LogP contribution in [-0.2, 0) is 6.42 Å². The lowest BCUT2D eigenvalue weighted by Crippen LogP contribution is -1.77. The predicted octanol–water partition coefficient (Wildman–Crippen LogP) is 3.74. The molecular weight excluding hydrogens is 190 g/mol. The Kier molecular flexibility index (Phi) is 2.04. The van der Waals surface area contributed by atoms with Crippen molar-refractivity contribution < 1.29 is 8.78 Å². The third-order valence-corrected chi connectivity index (χ3v) is 3.24. The monoisotopic (exact) mass is 198 g/mol. The normalized spacial score (nSPS) is 11.0. The molecule has 0 unspecified atom stereocenters. The summed E-state index contributed by atoms with van der Waals surface area (Å²) in [5.74, 6) is -0.967. The van der Waals surface area contributed by atoms with E-state index in [-0.39, 0.29) is 0 Å². The number of thiophene rings is 1. The zero-order valence-corrected chi connectivity index (χ0v) is 7.92. The molecule has 0 aliphatic heterocycles. The van der Waals surface area contributed by atoms with Gasteiger partial charge in [-0.1, -0.05) is 6.92 Å². The van der Waals surface area contributed by atoms with Crippen LogP contribution in [0, 0.1) is 11.6 Å². The van der Waals surface area contributed by atoms with E-state index in [1.165, 1.54) is 17.4 Å². The van der Waals surface area contributed by atoms with Crippen LogP contribution < -0.4 is 0 Å². The number of benzene rings is 1. The maximum atomic E-state index is 13.2. The van der Waals surface area contributed by atoms with E-state index in [1.54, 1.807) is 0 Å². The third-order valence-electron chi connectivity index (χ3n) is 1.94. The van der Waals surface area contributed by atoms with Crippen LogP contribution in [0.5, 0.6) is 0 Å². The molecule has 1 heterocycles. The maximum absolute atomic E-state index is 13.2. The number of aryl methyl sites for hydroxylation is 1. The molecular formula is C10H8F2S. The standard InChI is InChI=1S/C10H8F2S/c1-2-8-4-6-3-7(11)5-9(12)10(6)13-8/h3-5H,2H2,1H3. The van der Waals surface area contributed by atoms with Gasteiger partial charge in [0.2, 0.25) is 0 Å². The molecule has 68 valence electrons. The van der Waals surface area contributed by atoms with E-state index in [1.807, 2.05) is 13.0 Å². The van der Waals surface area contributed by atoms with E-state index in [0.29, 0.717) is 10.1 Å². The second kappa shape index (κ2) is 3.07. The van der Waals surface area contributed by atoms with Gasteiger partial charge in [-0.25, -0.2) is 8.78 Å². The van der Waals surface area contributed by atoms with Gasteiger partial charge < -0.3 is 0 Å². The second-order valence-corrected chi connectivity index (χ2v) is 4.01. The van der Waals surface area contributed by atoms with Crippen LogP contribution in [0.15, 0.2) is 18.2 Å². The average Bonchev–Trinajstić information content (AvgIpc) is 2.47. The number of rotatable bonds is 1. The molecule has 0 aliphatic carbocycles. The molecule has 1 aromatic carbocycles. The fraction of sp³-hybridized carbons (Fsp3) is 0.200. The van der Waals surface area contributed by atoms with E-state index >= 15 is 0 Å². The van der Waals surface area contributed by atoms with Crippen LogP contribution >= 0.6 is 11.3 Å². The second-order valence-electron chi connectivity index (χ2n) is 2.87. The summed E-state index contributed by atoms with van der Waals surface area (Å²) in [5, 5.41) is 0.666. The van der Waals surface area contributed by atoms with Gasteiger partial charge in [0.1, 0.15) is 11.6 Å². The van der Waals surface area contributed by atoms with E-state index < -0.39 is 11.6 Å². The van der Waals surface area contributed by atoms with Gasteiger partial charge in [-0.05, 0) is 23.9 Å². The molecule has 3 heteroatoms. The van der Waals surface area contributed by atoms with Crippen LogP contribution in [0.1, 0.15) is 11.8 Å². The zero-order valence-electron chi connectivity index (χ0n) is 7.10. The Balaban J connectivity index is 2.75. The smallest absolute Gasteiger partial charge is 0.143 e. The highest BCUT2D eigenvalue weighted by Gasteiger charge is 2.07. The van der Waals surface area contributed by atoms with Gasteiger partial charge in [0, 0.05) is 10.9 Å². The first-order valence-electron chi connectivity index (χ1n) is 4.08. The molecule has 1 aromatic heterocycles. The van der Waals surface area contributed by atoms with E-state index in [0.717, 1.165) is 17.4 Å². The number of hydrogen-bond donors (Lipinski definition) is 0. The fourth-order valence-electron chi connectivity index (χ4n) is 1.30. The minimum Gasteiger partial charge on any atom is -0.207 e. The molecule has 2 rings (SSSR count). The molecule has 0 atom stereocenters. The van der Waals surface area contributed by atoms with Crippen molar-refractivity contribution in [2.24, 2.45) is 0 Å². The molecule has 2 aromatic rings. The van der Waals surface area contributed by atoms with Crippen molar-refractivity contribution >= 4 is 21.4 Å². The molecule has 0 spiro atoms. The summed E-state index contributed by atoms with van der Waals surface area (Å²) >= 11 is 1.39. The Morgan fingerprint density at radius 1 is 1.23 bits per heavy atom. The largest absolute Gasteiger partial charge is 0.207 e. The van der Waals surface area contributed by atoms with Crippen LogP contribution in [0.2, 0.25) is 0 Å². The number of halogens is 2. The molecule has 0 nitrogen and oxygen atoms in total. The van der Waals surface area contributed by atoms with Crippen LogP contribution in [0.3, 0.4) is 0 Å². The summed E-state index contributed by atoms with van der Waals surface area (Å²) < 4.78 is 26.5. The summed E-state index contributed by atoms with van der Waals surface area (Å²) in [7, 11) is 0. The minimum absolute atomic E-state index is 0.459. The molecule has 0 bridgehead atoms. The highest BCUT2D eigenvalue weighted by atomic mass is 32.1. The number of fused-ring (bicyclic) bond motifs is 1. The molecule has 0 radical (unpaired) electrons. The first-order chi connectivity index (χ1) is 6.20. The topological polar surface area (TPSA) is 0 Å². The molecule has 0 saturated carbocycles. The van der Waals surface area contributed by atoms with Gasteiger partial charge in [0.25, 0.3) is 0 Å². The quantitative estimate of drug-likeness (QED) is 0.654. The Labute approximate surface area is 78.8 Å². The van der Waals surface area contributed by atoms with Crippen molar-refractivity contribution in [1.29, 1.82) is 0 Å². The minimum atomic E-state index is -0.509. The van der Waals surface area contributed by atoms with E-state index in [2.05, 4.69) is 0 Å². The lowest BCUT2D eigenvalue weighted by Gasteiger charge is -1.91. The Morgan fingerprint density at radius 2 is 2.00 bits per heavy atom. The van der Waals surface area contributed by atoms with Crippen molar-refractivity contribution in [3.63, 3.8) is 0 Å². The summed E-state index contributed by atoms with van der Waals surface area (Å²) in [4.78, 5) is 1.08. The molecule has 13 heavy (non-hydrogen) atoms. The summed E-state index contributed by atoms with van der Waals surface area (Å²) in [5.41, 5.74) is 0. The molecule has 0 aliphatic rings. The van der Waals surface area contributed by atoms with Crippen molar-refractivity contribution in [2.45, 2.75) is 13.3 Å². The molecule has 0 N–H and O–H groups in total. The Bertz CT molecular complexity index is 445. The van der Waals surface area contributed by atoms with Crippen LogP contribution in [-0.4, -0.2) is 0 Å². The van der Waals surface area contributed by atoms with E-state index in [4.69, 9.17) is 0 Å². The van der Waals surface area contributed by atoms with E-state index in [9.17, 15) is 8.78 Å². The summed E-state index contributed by atoms with van der Waals surface area (Å²) in [6.07, 6.45) is 0.862. The highest BCUT2D eigenvalue weighted by Crippen LogP contribution is 2.29. The highest BCUT2D eigenvalue weighted by molar-refractivity contribution is 7.19. The van der Waals surface area contributed by atoms with Gasteiger partial charge in [-0.3, -0.25) is 0 Å². The number of hydrogen-bond acceptors (Lipinski definition) is 1. The SMILES string of the molecule is CCc1cc2cc(F)cc(F)c2s1. The first kappa shape index (κ1) is 8.63.